The summed E-state index contributed by atoms with van der Waals surface area (Å²) in [6.07, 6.45) is 0.658. The number of piperazine rings is 1. The second-order valence-corrected chi connectivity index (χ2v) is 4.15. The number of carbonyl (C=O) groups excluding carboxylic acids is 1. The smallest absolute Gasteiger partial charge is 0.305 e. The van der Waals surface area contributed by atoms with Crippen molar-refractivity contribution in [1.29, 1.82) is 0 Å². The number of hydrogen-bond acceptors (Lipinski definition) is 3. The molecular formula is C11H18N2O3. The second kappa shape index (κ2) is 5.65. The second-order valence-electron chi connectivity index (χ2n) is 4.15. The van der Waals surface area contributed by atoms with Gasteiger partial charge in [-0.2, -0.15) is 0 Å². The summed E-state index contributed by atoms with van der Waals surface area (Å²) in [6, 6.07) is -0.536. The minimum atomic E-state index is -0.942. The van der Waals surface area contributed by atoms with Gasteiger partial charge in [0.1, 0.15) is 0 Å². The van der Waals surface area contributed by atoms with Crippen LogP contribution in [0.15, 0.2) is 12.2 Å². The molecule has 1 fully saturated rings. The van der Waals surface area contributed by atoms with E-state index in [1.165, 1.54) is 0 Å². The van der Waals surface area contributed by atoms with E-state index in [0.29, 0.717) is 19.6 Å². The van der Waals surface area contributed by atoms with Crippen molar-refractivity contribution in [3.8, 4) is 0 Å². The van der Waals surface area contributed by atoms with E-state index in [-0.39, 0.29) is 12.3 Å². The van der Waals surface area contributed by atoms with Crippen LogP contribution in [0.25, 0.3) is 0 Å². The number of nitrogens with one attached hydrogen (secondary N) is 1. The maximum Gasteiger partial charge on any atom is 0.305 e. The molecule has 5 nitrogen and oxygen atoms in total. The molecule has 0 aromatic rings. The van der Waals surface area contributed by atoms with Crippen molar-refractivity contribution < 1.29 is 14.7 Å². The number of rotatable bonds is 5. The Morgan fingerprint density at radius 2 is 2.38 bits per heavy atom. The van der Waals surface area contributed by atoms with E-state index in [1.807, 2.05) is 11.8 Å². The third-order valence-corrected chi connectivity index (χ3v) is 2.64. The highest BCUT2D eigenvalue weighted by Gasteiger charge is 2.30. The Kier molecular flexibility index (Phi) is 4.49. The molecule has 1 amide bonds. The van der Waals surface area contributed by atoms with E-state index < -0.39 is 12.0 Å². The number of carbonyl (C=O) groups is 2. The number of carboxylic acids is 1. The van der Waals surface area contributed by atoms with E-state index in [2.05, 4.69) is 11.9 Å². The summed E-state index contributed by atoms with van der Waals surface area (Å²) in [5, 5.41) is 11.4. The predicted octanol–water partition coefficient (Wildman–Crippen LogP) is 0.228. The van der Waals surface area contributed by atoms with Crippen molar-refractivity contribution in [2.75, 3.05) is 19.6 Å². The zero-order valence-corrected chi connectivity index (χ0v) is 9.53. The van der Waals surface area contributed by atoms with Gasteiger partial charge in [0.15, 0.2) is 0 Å². The Morgan fingerprint density at radius 1 is 1.69 bits per heavy atom. The lowest BCUT2D eigenvalue weighted by Gasteiger charge is -2.34. The van der Waals surface area contributed by atoms with Crippen LogP contribution in [0.1, 0.15) is 19.8 Å². The minimum absolute atomic E-state index is 0.137. The molecule has 0 radical (unpaired) electrons. The van der Waals surface area contributed by atoms with Crippen molar-refractivity contribution in [3.63, 3.8) is 0 Å². The first kappa shape index (κ1) is 12.7. The van der Waals surface area contributed by atoms with E-state index in [9.17, 15) is 9.59 Å². The zero-order valence-electron chi connectivity index (χ0n) is 9.53. The number of amides is 1. The highest BCUT2D eigenvalue weighted by Crippen LogP contribution is 2.11. The molecule has 0 aromatic carbocycles. The quantitative estimate of drug-likeness (QED) is 0.658. The predicted molar refractivity (Wildman–Crippen MR) is 60.1 cm³/mol. The average Bonchev–Trinajstić information content (AvgIpc) is 2.18. The van der Waals surface area contributed by atoms with E-state index in [1.54, 1.807) is 0 Å². The third kappa shape index (κ3) is 3.66. The molecule has 1 saturated heterocycles. The molecule has 0 aliphatic carbocycles. The largest absolute Gasteiger partial charge is 0.481 e. The van der Waals surface area contributed by atoms with Crippen molar-refractivity contribution in [1.82, 2.24) is 10.2 Å². The standard InChI is InChI=1S/C11H18N2O3/c1-8(2)3-5-13-6-4-12-11(16)9(13)7-10(14)15/h9H,1,3-7H2,2H3,(H,12,16)(H,14,15). The fourth-order valence-electron chi connectivity index (χ4n) is 1.75. The molecule has 5 heteroatoms. The molecule has 0 aromatic heterocycles. The van der Waals surface area contributed by atoms with Gasteiger partial charge in [0.2, 0.25) is 5.91 Å². The summed E-state index contributed by atoms with van der Waals surface area (Å²) >= 11 is 0. The van der Waals surface area contributed by atoms with Crippen LogP contribution in [0, 0.1) is 0 Å². The number of aliphatic carboxylic acids is 1. The van der Waals surface area contributed by atoms with E-state index in [4.69, 9.17) is 5.11 Å². The fourth-order valence-corrected chi connectivity index (χ4v) is 1.75. The molecule has 1 heterocycles. The number of carboxylic acid groups (broad SMARTS) is 1. The van der Waals surface area contributed by atoms with Crippen molar-refractivity contribution in [3.05, 3.63) is 12.2 Å². The molecule has 0 saturated carbocycles. The van der Waals surface area contributed by atoms with Crippen LogP contribution in [0.2, 0.25) is 0 Å². The molecule has 1 rings (SSSR count). The van der Waals surface area contributed by atoms with E-state index >= 15 is 0 Å². The first-order valence-corrected chi connectivity index (χ1v) is 5.38. The van der Waals surface area contributed by atoms with Crippen molar-refractivity contribution in [2.45, 2.75) is 25.8 Å². The lowest BCUT2D eigenvalue weighted by molar-refractivity contribution is -0.143. The lowest BCUT2D eigenvalue weighted by atomic mass is 10.1. The molecule has 1 aliphatic rings. The normalized spacial score (nSPS) is 21.6. The monoisotopic (exact) mass is 226 g/mol. The van der Waals surface area contributed by atoms with Crippen LogP contribution in [-0.2, 0) is 9.59 Å². The van der Waals surface area contributed by atoms with Crippen LogP contribution in [-0.4, -0.2) is 47.6 Å². The highest BCUT2D eigenvalue weighted by atomic mass is 16.4. The van der Waals surface area contributed by atoms with Crippen LogP contribution < -0.4 is 5.32 Å². The Hall–Kier alpha value is -1.36. The van der Waals surface area contributed by atoms with Gasteiger partial charge in [0, 0.05) is 19.6 Å². The summed E-state index contributed by atoms with van der Waals surface area (Å²) in [6.45, 7) is 7.72. The first-order valence-electron chi connectivity index (χ1n) is 5.38. The Morgan fingerprint density at radius 3 is 2.94 bits per heavy atom. The summed E-state index contributed by atoms with van der Waals surface area (Å²) in [7, 11) is 0. The van der Waals surface area contributed by atoms with Crippen LogP contribution >= 0.6 is 0 Å². The van der Waals surface area contributed by atoms with E-state index in [0.717, 1.165) is 12.0 Å². The summed E-state index contributed by atoms with van der Waals surface area (Å²) in [5.74, 6) is -1.13. The van der Waals surface area contributed by atoms with Gasteiger partial charge in [-0.1, -0.05) is 5.57 Å². The van der Waals surface area contributed by atoms with Gasteiger partial charge in [0.25, 0.3) is 0 Å². The van der Waals surface area contributed by atoms with Gasteiger partial charge in [-0.25, -0.2) is 0 Å². The Bertz CT molecular complexity index is 302. The average molecular weight is 226 g/mol. The van der Waals surface area contributed by atoms with Crippen LogP contribution in [0.3, 0.4) is 0 Å². The summed E-state index contributed by atoms with van der Waals surface area (Å²) in [5.41, 5.74) is 1.04. The highest BCUT2D eigenvalue weighted by molar-refractivity contribution is 5.86. The summed E-state index contributed by atoms with van der Waals surface area (Å²) in [4.78, 5) is 24.1. The van der Waals surface area contributed by atoms with Gasteiger partial charge < -0.3 is 10.4 Å². The Balaban J connectivity index is 2.59. The molecule has 0 bridgehead atoms. The van der Waals surface area contributed by atoms with Gasteiger partial charge in [-0.15, -0.1) is 6.58 Å². The third-order valence-electron chi connectivity index (χ3n) is 2.64. The molecule has 1 unspecified atom stereocenters. The maximum atomic E-state index is 11.5. The Labute approximate surface area is 95.1 Å². The topological polar surface area (TPSA) is 69.6 Å². The first-order chi connectivity index (χ1) is 7.50. The molecule has 1 aliphatic heterocycles. The summed E-state index contributed by atoms with van der Waals surface area (Å²) < 4.78 is 0. The lowest BCUT2D eigenvalue weighted by Crippen LogP contribution is -2.56. The molecule has 0 spiro atoms. The van der Waals surface area contributed by atoms with Gasteiger partial charge in [-0.05, 0) is 13.3 Å². The fraction of sp³-hybridized carbons (Fsp3) is 0.636. The number of hydrogen-bond donors (Lipinski definition) is 2. The molecule has 16 heavy (non-hydrogen) atoms. The molecule has 90 valence electrons. The molecule has 1 atom stereocenters. The molecule has 2 N–H and O–H groups in total. The van der Waals surface area contributed by atoms with Crippen LogP contribution in [0.4, 0.5) is 0 Å². The molecular weight excluding hydrogens is 208 g/mol. The van der Waals surface area contributed by atoms with Crippen molar-refractivity contribution >= 4 is 11.9 Å². The zero-order chi connectivity index (χ0) is 12.1. The number of nitrogens with zero attached hydrogens (tertiary/aromatic N) is 1. The minimum Gasteiger partial charge on any atom is -0.481 e. The van der Waals surface area contributed by atoms with Crippen LogP contribution in [0.5, 0.6) is 0 Å². The SMILES string of the molecule is C=C(C)CCN1CCNC(=O)C1CC(=O)O. The maximum absolute atomic E-state index is 11.5. The van der Waals surface area contributed by atoms with Gasteiger partial charge in [-0.3, -0.25) is 14.5 Å². The van der Waals surface area contributed by atoms with Gasteiger partial charge >= 0.3 is 5.97 Å². The van der Waals surface area contributed by atoms with Gasteiger partial charge in [0.05, 0.1) is 12.5 Å². The van der Waals surface area contributed by atoms with Crippen molar-refractivity contribution in [2.24, 2.45) is 0 Å².